The lowest BCUT2D eigenvalue weighted by molar-refractivity contribution is -0.612. The van der Waals surface area contributed by atoms with Gasteiger partial charge in [0.25, 0.3) is 0 Å². The fraction of sp³-hybridized carbons (Fsp3) is 0.143. The highest BCUT2D eigenvalue weighted by molar-refractivity contribution is 5.02. The Labute approximate surface area is 54.4 Å². The van der Waals surface area contributed by atoms with Gasteiger partial charge >= 0.3 is 0 Å². The van der Waals surface area contributed by atoms with E-state index in [2.05, 4.69) is 7.05 Å². The number of pyridine rings is 1. The van der Waals surface area contributed by atoms with E-state index in [1.54, 1.807) is 10.8 Å². The molecule has 1 rings (SSSR count). The van der Waals surface area contributed by atoms with Crippen molar-refractivity contribution in [2.24, 2.45) is 0 Å². The molecule has 0 aliphatic carbocycles. The van der Waals surface area contributed by atoms with Gasteiger partial charge in [-0.3, -0.25) is 0 Å². The maximum absolute atomic E-state index is 8.62. The zero-order valence-electron chi connectivity index (χ0n) is 5.12. The highest BCUT2D eigenvalue weighted by Crippen LogP contribution is 1.91. The van der Waals surface area contributed by atoms with Crippen LogP contribution in [-0.2, 0) is 6.61 Å². The van der Waals surface area contributed by atoms with Gasteiger partial charge in [0, 0.05) is 11.6 Å². The minimum absolute atomic E-state index is 0.0797. The lowest BCUT2D eigenvalue weighted by Gasteiger charge is -1.89. The number of nitrogens with zero attached hydrogens (tertiary/aromatic N) is 1. The smallest absolute Gasteiger partial charge is 0.206 e. The summed E-state index contributed by atoms with van der Waals surface area (Å²) in [5.74, 6) is 0. The van der Waals surface area contributed by atoms with Gasteiger partial charge in [-0.05, 0) is 6.07 Å². The van der Waals surface area contributed by atoms with E-state index in [1.807, 2.05) is 18.3 Å². The van der Waals surface area contributed by atoms with Crippen molar-refractivity contribution in [2.75, 3.05) is 0 Å². The Morgan fingerprint density at radius 1 is 1.67 bits per heavy atom. The van der Waals surface area contributed by atoms with Gasteiger partial charge in [-0.1, -0.05) is 0 Å². The van der Waals surface area contributed by atoms with Crippen molar-refractivity contribution >= 4 is 0 Å². The van der Waals surface area contributed by atoms with Gasteiger partial charge in [0.2, 0.25) is 7.05 Å². The lowest BCUT2D eigenvalue weighted by atomic mass is 10.3. The molecule has 1 heterocycles. The second-order valence-electron chi connectivity index (χ2n) is 1.88. The first-order valence-electron chi connectivity index (χ1n) is 2.75. The predicted molar refractivity (Wildman–Crippen MR) is 33.3 cm³/mol. The third-order valence-corrected chi connectivity index (χ3v) is 1.10. The van der Waals surface area contributed by atoms with Crippen LogP contribution in [0.1, 0.15) is 5.56 Å². The monoisotopic (exact) mass is 123 g/mol. The minimum Gasteiger partial charge on any atom is -0.391 e. The Kier molecular flexibility index (Phi) is 1.80. The zero-order valence-corrected chi connectivity index (χ0v) is 5.12. The summed E-state index contributed by atoms with van der Waals surface area (Å²) in [5, 5.41) is 8.62. The number of aliphatic hydroxyl groups excluding tert-OH is 1. The average molecular weight is 123 g/mol. The molecule has 0 amide bonds. The van der Waals surface area contributed by atoms with Crippen molar-refractivity contribution < 1.29 is 9.67 Å². The SMILES string of the molecule is [CH2][n+]1cccc(CO)c1. The molecule has 0 fully saturated rings. The largest absolute Gasteiger partial charge is 0.391 e. The standard InChI is InChI=1S/C7H9NO/c1-8-4-2-3-7(5-8)6-9/h2-5,9H,1,6H2/q+1. The van der Waals surface area contributed by atoms with Crippen LogP contribution in [-0.4, -0.2) is 5.11 Å². The molecule has 0 aliphatic heterocycles. The van der Waals surface area contributed by atoms with Crippen LogP contribution >= 0.6 is 0 Å². The number of hydrogen-bond donors (Lipinski definition) is 1. The zero-order chi connectivity index (χ0) is 6.69. The van der Waals surface area contributed by atoms with Gasteiger partial charge in [0.05, 0.1) is 6.61 Å². The first kappa shape index (κ1) is 6.23. The molecule has 0 aromatic carbocycles. The van der Waals surface area contributed by atoms with E-state index in [1.165, 1.54) is 0 Å². The normalized spacial score (nSPS) is 9.56. The molecule has 0 bridgehead atoms. The van der Waals surface area contributed by atoms with Gasteiger partial charge < -0.3 is 5.11 Å². The van der Waals surface area contributed by atoms with E-state index in [0.717, 1.165) is 5.56 Å². The van der Waals surface area contributed by atoms with Crippen LogP contribution in [0.15, 0.2) is 24.5 Å². The number of hydrogen-bond acceptors (Lipinski definition) is 1. The number of rotatable bonds is 1. The fourth-order valence-corrected chi connectivity index (χ4v) is 0.670. The number of aromatic nitrogens is 1. The Morgan fingerprint density at radius 3 is 2.89 bits per heavy atom. The van der Waals surface area contributed by atoms with Crippen molar-refractivity contribution in [3.8, 4) is 0 Å². The van der Waals surface area contributed by atoms with Crippen molar-refractivity contribution in [3.05, 3.63) is 37.1 Å². The van der Waals surface area contributed by atoms with Crippen molar-refractivity contribution in [2.45, 2.75) is 6.61 Å². The highest BCUT2D eigenvalue weighted by Gasteiger charge is 1.93. The summed E-state index contributed by atoms with van der Waals surface area (Å²) in [4.78, 5) is 0. The van der Waals surface area contributed by atoms with E-state index in [9.17, 15) is 0 Å². The van der Waals surface area contributed by atoms with E-state index >= 15 is 0 Å². The van der Waals surface area contributed by atoms with Crippen molar-refractivity contribution in [1.82, 2.24) is 0 Å². The topological polar surface area (TPSA) is 24.1 Å². The fourth-order valence-electron chi connectivity index (χ4n) is 0.670. The molecule has 0 saturated heterocycles. The molecule has 0 aliphatic rings. The second-order valence-corrected chi connectivity index (χ2v) is 1.88. The molecule has 2 heteroatoms. The summed E-state index contributed by atoms with van der Waals surface area (Å²) in [6, 6.07) is 3.69. The Bertz CT molecular complexity index is 198. The average Bonchev–Trinajstić information content (AvgIpc) is 1.88. The molecule has 1 N–H and O–H groups in total. The summed E-state index contributed by atoms with van der Waals surface area (Å²) in [6.45, 7) is 0.0797. The molecule has 0 spiro atoms. The summed E-state index contributed by atoms with van der Waals surface area (Å²) < 4.78 is 1.66. The molecule has 0 unspecified atom stereocenters. The molecule has 1 radical (unpaired) electrons. The predicted octanol–water partition coefficient (Wildman–Crippen LogP) is 0.106. The van der Waals surface area contributed by atoms with Crippen LogP contribution in [0, 0.1) is 7.05 Å². The molecule has 9 heavy (non-hydrogen) atoms. The Balaban J connectivity index is 2.94. The third kappa shape index (κ3) is 1.50. The molecule has 47 valence electrons. The molecule has 1 aromatic heterocycles. The first-order valence-corrected chi connectivity index (χ1v) is 2.75. The van der Waals surface area contributed by atoms with Gasteiger partial charge in [-0.25, -0.2) is 0 Å². The lowest BCUT2D eigenvalue weighted by Crippen LogP contribution is -2.24. The summed E-state index contributed by atoms with van der Waals surface area (Å²) in [6.07, 6.45) is 3.60. The second kappa shape index (κ2) is 2.60. The summed E-state index contributed by atoms with van der Waals surface area (Å²) >= 11 is 0. The quantitative estimate of drug-likeness (QED) is 0.526. The van der Waals surface area contributed by atoms with Crippen LogP contribution in [0.5, 0.6) is 0 Å². The van der Waals surface area contributed by atoms with Crippen LogP contribution in [0.4, 0.5) is 0 Å². The molecular weight excluding hydrogens is 114 g/mol. The van der Waals surface area contributed by atoms with Crippen LogP contribution in [0.25, 0.3) is 0 Å². The van der Waals surface area contributed by atoms with E-state index in [-0.39, 0.29) is 6.61 Å². The highest BCUT2D eigenvalue weighted by atomic mass is 16.3. The number of aliphatic hydroxyl groups is 1. The molecule has 1 aromatic rings. The van der Waals surface area contributed by atoms with Crippen molar-refractivity contribution in [1.29, 1.82) is 0 Å². The summed E-state index contributed by atoms with van der Waals surface area (Å²) in [5.41, 5.74) is 0.882. The first-order chi connectivity index (χ1) is 4.33. The van der Waals surface area contributed by atoms with Crippen molar-refractivity contribution in [3.63, 3.8) is 0 Å². The Hall–Kier alpha value is -0.890. The van der Waals surface area contributed by atoms with Gasteiger partial charge in [-0.15, -0.1) is 0 Å². The molecule has 0 atom stereocenters. The maximum atomic E-state index is 8.62. The molecule has 0 saturated carbocycles. The van der Waals surface area contributed by atoms with Crippen LogP contribution < -0.4 is 4.57 Å². The Morgan fingerprint density at radius 2 is 2.44 bits per heavy atom. The van der Waals surface area contributed by atoms with E-state index in [4.69, 9.17) is 5.11 Å². The molecular formula is C7H9NO+. The van der Waals surface area contributed by atoms with Crippen LogP contribution in [0.3, 0.4) is 0 Å². The van der Waals surface area contributed by atoms with Gasteiger partial charge in [0.15, 0.2) is 12.4 Å². The third-order valence-electron chi connectivity index (χ3n) is 1.10. The maximum Gasteiger partial charge on any atom is 0.206 e. The van der Waals surface area contributed by atoms with E-state index < -0.39 is 0 Å². The molecule has 2 nitrogen and oxygen atoms in total. The van der Waals surface area contributed by atoms with Gasteiger partial charge in [0.1, 0.15) is 0 Å². The minimum atomic E-state index is 0.0797. The van der Waals surface area contributed by atoms with Gasteiger partial charge in [-0.2, -0.15) is 4.57 Å². The van der Waals surface area contributed by atoms with E-state index in [0.29, 0.717) is 0 Å². The summed E-state index contributed by atoms with van der Waals surface area (Å²) in [7, 11) is 3.63. The van der Waals surface area contributed by atoms with Crippen LogP contribution in [0.2, 0.25) is 0 Å².